The van der Waals surface area contributed by atoms with Gasteiger partial charge in [0.1, 0.15) is 11.8 Å². The van der Waals surface area contributed by atoms with Crippen molar-refractivity contribution in [3.05, 3.63) is 70.6 Å². The molecule has 1 aromatic heterocycles. The van der Waals surface area contributed by atoms with E-state index in [0.29, 0.717) is 23.2 Å². The number of imide groups is 1. The molecule has 1 saturated heterocycles. The monoisotopic (exact) mass is 497 g/mol. The van der Waals surface area contributed by atoms with Crippen LogP contribution in [-0.2, 0) is 20.9 Å². The summed E-state index contributed by atoms with van der Waals surface area (Å²) in [6.07, 6.45) is 4.05. The molecule has 3 aliphatic rings. The number of aromatic amines is 1. The van der Waals surface area contributed by atoms with Crippen LogP contribution in [0.25, 0.3) is 10.9 Å². The number of amides is 3. The molecule has 2 aliphatic heterocycles. The molecule has 3 amide bonds. The summed E-state index contributed by atoms with van der Waals surface area (Å²) in [4.78, 5) is 55.8. The first-order valence-corrected chi connectivity index (χ1v) is 12.1. The number of allylic oxidation sites excluding steroid dienone is 2. The largest absolute Gasteiger partial charge is 0.511 e. The number of piperidine rings is 1. The number of hydrogen-bond acceptors (Lipinski definition) is 7. The summed E-state index contributed by atoms with van der Waals surface area (Å²) >= 11 is 0. The van der Waals surface area contributed by atoms with Gasteiger partial charge in [0.05, 0.1) is 23.0 Å². The predicted molar refractivity (Wildman–Crippen MR) is 133 cm³/mol. The average molecular weight is 498 g/mol. The Morgan fingerprint density at radius 2 is 1.92 bits per heavy atom. The smallest absolute Gasteiger partial charge is 0.255 e. The maximum absolute atomic E-state index is 13.0. The van der Waals surface area contributed by atoms with Gasteiger partial charge in [-0.05, 0) is 36.1 Å². The number of aromatic nitrogens is 2. The van der Waals surface area contributed by atoms with E-state index in [0.717, 1.165) is 16.5 Å². The van der Waals surface area contributed by atoms with Gasteiger partial charge in [-0.1, -0.05) is 18.2 Å². The Bertz CT molecular complexity index is 1550. The molecule has 2 atom stereocenters. The van der Waals surface area contributed by atoms with E-state index in [9.17, 15) is 24.3 Å². The molecule has 186 valence electrons. The molecule has 1 fully saturated rings. The molecule has 2 unspecified atom stereocenters. The SMILES string of the molecule is O=C1CCC(N2Cc3c(N=CC4=C(O)CC(c5cccc6[nH]ncc56)CC4=O)cccc3C2=O)C(=O)N1. The van der Waals surface area contributed by atoms with Crippen molar-refractivity contribution in [2.24, 2.45) is 4.99 Å². The fourth-order valence-corrected chi connectivity index (χ4v) is 5.45. The quantitative estimate of drug-likeness (QED) is 0.373. The number of Topliss-reactive ketones (excluding diaryl/α,β-unsaturated/α-hetero) is 1. The van der Waals surface area contributed by atoms with E-state index >= 15 is 0 Å². The molecule has 3 aromatic rings. The number of ketones is 1. The maximum Gasteiger partial charge on any atom is 0.255 e. The summed E-state index contributed by atoms with van der Waals surface area (Å²) in [6, 6.07) is 10.1. The highest BCUT2D eigenvalue weighted by atomic mass is 16.3. The summed E-state index contributed by atoms with van der Waals surface area (Å²) in [5, 5.41) is 21.0. The highest BCUT2D eigenvalue weighted by Gasteiger charge is 2.40. The van der Waals surface area contributed by atoms with Gasteiger partial charge in [-0.25, -0.2) is 0 Å². The molecule has 1 aliphatic carbocycles. The minimum Gasteiger partial charge on any atom is -0.511 e. The minimum absolute atomic E-state index is 0.0284. The molecule has 10 heteroatoms. The van der Waals surface area contributed by atoms with Crippen molar-refractivity contribution in [2.75, 3.05) is 0 Å². The number of carbonyl (C=O) groups excluding carboxylic acids is 4. The Labute approximate surface area is 211 Å². The van der Waals surface area contributed by atoms with E-state index < -0.39 is 11.9 Å². The van der Waals surface area contributed by atoms with Crippen LogP contribution in [0, 0.1) is 0 Å². The molecule has 3 N–H and O–H groups in total. The van der Waals surface area contributed by atoms with Crippen molar-refractivity contribution in [2.45, 2.75) is 44.2 Å². The van der Waals surface area contributed by atoms with Crippen LogP contribution < -0.4 is 5.32 Å². The Balaban J connectivity index is 1.25. The van der Waals surface area contributed by atoms with Gasteiger partial charge in [0.25, 0.3) is 5.91 Å². The van der Waals surface area contributed by atoms with Gasteiger partial charge >= 0.3 is 0 Å². The van der Waals surface area contributed by atoms with Crippen LogP contribution >= 0.6 is 0 Å². The number of hydrogen-bond donors (Lipinski definition) is 3. The first kappa shape index (κ1) is 22.8. The Hall–Kier alpha value is -4.60. The third-order valence-electron chi connectivity index (χ3n) is 7.33. The molecule has 3 heterocycles. The summed E-state index contributed by atoms with van der Waals surface area (Å²) in [6.45, 7) is 0.170. The van der Waals surface area contributed by atoms with Crippen molar-refractivity contribution < 1.29 is 24.3 Å². The zero-order chi connectivity index (χ0) is 25.7. The van der Waals surface area contributed by atoms with Crippen LogP contribution in [-0.4, -0.2) is 56.0 Å². The number of rotatable bonds is 4. The van der Waals surface area contributed by atoms with Crippen LogP contribution in [0.3, 0.4) is 0 Å². The van der Waals surface area contributed by atoms with E-state index in [1.807, 2.05) is 18.2 Å². The van der Waals surface area contributed by atoms with E-state index in [-0.39, 0.29) is 60.7 Å². The highest BCUT2D eigenvalue weighted by molar-refractivity contribution is 6.15. The summed E-state index contributed by atoms with van der Waals surface area (Å²) < 4.78 is 0. The lowest BCUT2D eigenvalue weighted by Gasteiger charge is -2.29. The molecular weight excluding hydrogens is 474 g/mol. The Morgan fingerprint density at radius 3 is 2.73 bits per heavy atom. The van der Waals surface area contributed by atoms with Gasteiger partial charge in [-0.2, -0.15) is 5.10 Å². The molecule has 0 saturated carbocycles. The summed E-state index contributed by atoms with van der Waals surface area (Å²) in [5.74, 6) is -1.54. The van der Waals surface area contributed by atoms with Gasteiger partial charge < -0.3 is 10.0 Å². The number of carbonyl (C=O) groups is 4. The van der Waals surface area contributed by atoms with E-state index in [1.54, 1.807) is 24.4 Å². The fraction of sp³-hybridized carbons (Fsp3) is 0.259. The third-order valence-corrected chi connectivity index (χ3v) is 7.33. The van der Waals surface area contributed by atoms with Gasteiger partial charge in [0, 0.05) is 48.5 Å². The normalized spacial score (nSPS) is 22.3. The fourth-order valence-electron chi connectivity index (χ4n) is 5.45. The van der Waals surface area contributed by atoms with Crippen LogP contribution in [0.15, 0.2) is 58.9 Å². The molecular formula is C27H23N5O5. The Morgan fingerprint density at radius 1 is 1.08 bits per heavy atom. The standard InChI is InChI=1S/C27H23N5O5/c33-23-9-14(15-3-1-6-21-17(15)12-29-31-21)10-24(34)18(23)11-28-20-5-2-4-16-19(20)13-32(27(16)37)22-7-8-25(35)30-26(22)36/h1-6,11-12,14,22,33H,7-10,13H2,(H,29,31)(H,30,35,36). The van der Waals surface area contributed by atoms with Gasteiger partial charge in [0.2, 0.25) is 11.8 Å². The second kappa shape index (κ2) is 8.81. The van der Waals surface area contributed by atoms with Crippen LogP contribution in [0.1, 0.15) is 53.1 Å². The maximum atomic E-state index is 13.0. The average Bonchev–Trinajstić information content (AvgIpc) is 3.48. The minimum atomic E-state index is -0.724. The first-order valence-electron chi connectivity index (χ1n) is 12.1. The van der Waals surface area contributed by atoms with E-state index in [1.165, 1.54) is 11.1 Å². The topological polar surface area (TPSA) is 145 Å². The number of fused-ring (bicyclic) bond motifs is 2. The van der Waals surface area contributed by atoms with Crippen molar-refractivity contribution in [1.29, 1.82) is 0 Å². The molecule has 10 nitrogen and oxygen atoms in total. The number of nitrogens with zero attached hydrogens (tertiary/aromatic N) is 3. The van der Waals surface area contributed by atoms with Crippen LogP contribution in [0.2, 0.25) is 0 Å². The highest BCUT2D eigenvalue weighted by Crippen LogP contribution is 2.37. The Kier molecular flexibility index (Phi) is 5.44. The summed E-state index contributed by atoms with van der Waals surface area (Å²) in [5.41, 5.74) is 3.54. The second-order valence-electron chi connectivity index (χ2n) is 9.53. The van der Waals surface area contributed by atoms with E-state index in [4.69, 9.17) is 0 Å². The summed E-state index contributed by atoms with van der Waals surface area (Å²) in [7, 11) is 0. The molecule has 0 bridgehead atoms. The van der Waals surface area contributed by atoms with Crippen molar-refractivity contribution >= 4 is 46.3 Å². The lowest BCUT2D eigenvalue weighted by molar-refractivity contribution is -0.137. The van der Waals surface area contributed by atoms with Crippen LogP contribution in [0.4, 0.5) is 5.69 Å². The molecule has 37 heavy (non-hydrogen) atoms. The number of H-pyrrole nitrogens is 1. The van der Waals surface area contributed by atoms with Gasteiger partial charge in [-0.3, -0.25) is 34.6 Å². The van der Waals surface area contributed by atoms with Crippen molar-refractivity contribution in [1.82, 2.24) is 20.4 Å². The number of benzene rings is 2. The van der Waals surface area contributed by atoms with Crippen molar-refractivity contribution in [3.8, 4) is 0 Å². The third kappa shape index (κ3) is 3.90. The van der Waals surface area contributed by atoms with Gasteiger partial charge in [0.15, 0.2) is 5.78 Å². The molecule has 0 radical (unpaired) electrons. The van der Waals surface area contributed by atoms with E-state index in [2.05, 4.69) is 20.5 Å². The zero-order valence-electron chi connectivity index (χ0n) is 19.7. The number of aliphatic imine (C=N–C) groups is 1. The second-order valence-corrected chi connectivity index (χ2v) is 9.53. The number of aliphatic hydroxyl groups excluding tert-OH is 1. The predicted octanol–water partition coefficient (Wildman–Crippen LogP) is 2.99. The lowest BCUT2D eigenvalue weighted by Crippen LogP contribution is -2.52. The van der Waals surface area contributed by atoms with Gasteiger partial charge in [-0.15, -0.1) is 0 Å². The van der Waals surface area contributed by atoms with Crippen LogP contribution in [0.5, 0.6) is 0 Å². The lowest BCUT2D eigenvalue weighted by atomic mass is 9.82. The number of nitrogens with one attached hydrogen (secondary N) is 2. The molecule has 6 rings (SSSR count). The zero-order valence-corrected chi connectivity index (χ0v) is 19.7. The molecule has 0 spiro atoms. The first-order chi connectivity index (χ1) is 17.9. The van der Waals surface area contributed by atoms with Crippen molar-refractivity contribution in [3.63, 3.8) is 0 Å². The molecule has 2 aromatic carbocycles. The number of aliphatic hydroxyl groups is 1.